The summed E-state index contributed by atoms with van der Waals surface area (Å²) < 4.78 is 5.42. The third-order valence-corrected chi connectivity index (χ3v) is 3.37. The zero-order chi connectivity index (χ0) is 13.7. The predicted octanol–water partition coefficient (Wildman–Crippen LogP) is 0.784. The highest BCUT2D eigenvalue weighted by Gasteiger charge is 2.35. The fourth-order valence-electron chi connectivity index (χ4n) is 2.15. The molecule has 0 radical (unpaired) electrons. The molecule has 1 heterocycles. The average molecular weight is 256 g/mol. The van der Waals surface area contributed by atoms with Crippen molar-refractivity contribution in [2.24, 2.45) is 5.92 Å². The van der Waals surface area contributed by atoms with Gasteiger partial charge in [0.2, 0.25) is 11.8 Å². The highest BCUT2D eigenvalue weighted by Crippen LogP contribution is 2.14. The van der Waals surface area contributed by atoms with Crippen LogP contribution in [-0.4, -0.2) is 48.6 Å². The number of amides is 2. The lowest BCUT2D eigenvalue weighted by Gasteiger charge is -2.36. The second kappa shape index (κ2) is 6.73. The minimum atomic E-state index is -0.384. The normalized spacial score (nSPS) is 23.8. The third-order valence-electron chi connectivity index (χ3n) is 3.37. The maximum Gasteiger partial charge on any atom is 0.245 e. The van der Waals surface area contributed by atoms with E-state index in [9.17, 15) is 9.59 Å². The molecule has 0 spiro atoms. The Bertz CT molecular complexity index is 307. The van der Waals surface area contributed by atoms with Crippen molar-refractivity contribution in [1.82, 2.24) is 10.2 Å². The van der Waals surface area contributed by atoms with Gasteiger partial charge in [0.1, 0.15) is 6.04 Å². The first-order chi connectivity index (χ1) is 8.49. The highest BCUT2D eigenvalue weighted by molar-refractivity contribution is 5.95. The van der Waals surface area contributed by atoms with Crippen LogP contribution in [0.4, 0.5) is 0 Å². The van der Waals surface area contributed by atoms with Gasteiger partial charge in [-0.3, -0.25) is 9.59 Å². The molecule has 0 aromatic carbocycles. The van der Waals surface area contributed by atoms with Gasteiger partial charge in [0, 0.05) is 13.2 Å². The summed E-state index contributed by atoms with van der Waals surface area (Å²) in [5, 5.41) is 2.78. The van der Waals surface area contributed by atoms with E-state index >= 15 is 0 Å². The fourth-order valence-corrected chi connectivity index (χ4v) is 2.15. The molecule has 3 atom stereocenters. The number of piperazine rings is 1. The summed E-state index contributed by atoms with van der Waals surface area (Å²) in [6, 6.07) is -0.384. The zero-order valence-corrected chi connectivity index (χ0v) is 11.7. The molecule has 1 saturated heterocycles. The lowest BCUT2D eigenvalue weighted by Crippen LogP contribution is -2.61. The topological polar surface area (TPSA) is 58.6 Å². The van der Waals surface area contributed by atoms with Gasteiger partial charge in [-0.1, -0.05) is 20.3 Å². The largest absolute Gasteiger partial charge is 0.377 e. The summed E-state index contributed by atoms with van der Waals surface area (Å²) in [6.45, 7) is 9.08. The lowest BCUT2D eigenvalue weighted by atomic mass is 9.96. The zero-order valence-electron chi connectivity index (χ0n) is 11.7. The van der Waals surface area contributed by atoms with Gasteiger partial charge in [0.15, 0.2) is 0 Å². The van der Waals surface area contributed by atoms with Gasteiger partial charge in [-0.05, 0) is 19.8 Å². The number of carbonyl (C=O) groups excluding carboxylic acids is 2. The van der Waals surface area contributed by atoms with Crippen LogP contribution in [0.1, 0.15) is 34.1 Å². The molecule has 0 bridgehead atoms. The lowest BCUT2D eigenvalue weighted by molar-refractivity contribution is -0.147. The first-order valence-corrected chi connectivity index (χ1v) is 6.69. The summed E-state index contributed by atoms with van der Waals surface area (Å²) in [5.41, 5.74) is 0. The van der Waals surface area contributed by atoms with Crippen LogP contribution in [0.2, 0.25) is 0 Å². The Morgan fingerprint density at radius 3 is 2.61 bits per heavy atom. The molecule has 3 unspecified atom stereocenters. The molecule has 2 amide bonds. The molecule has 18 heavy (non-hydrogen) atoms. The van der Waals surface area contributed by atoms with E-state index in [0.29, 0.717) is 13.2 Å². The number of carbonyl (C=O) groups is 2. The molecule has 5 heteroatoms. The maximum absolute atomic E-state index is 12.3. The molecule has 1 aliphatic heterocycles. The second-order valence-electron chi connectivity index (χ2n) is 4.92. The van der Waals surface area contributed by atoms with E-state index in [1.54, 1.807) is 4.90 Å². The van der Waals surface area contributed by atoms with Gasteiger partial charge in [0.25, 0.3) is 0 Å². The molecule has 1 N–H and O–H groups in total. The third kappa shape index (κ3) is 3.70. The van der Waals surface area contributed by atoms with Gasteiger partial charge in [-0.15, -0.1) is 0 Å². The van der Waals surface area contributed by atoms with Gasteiger partial charge >= 0.3 is 0 Å². The van der Waals surface area contributed by atoms with Crippen molar-refractivity contribution >= 4 is 11.8 Å². The van der Waals surface area contributed by atoms with Crippen LogP contribution in [0.3, 0.4) is 0 Å². The Balaban J connectivity index is 2.67. The van der Waals surface area contributed by atoms with Crippen LogP contribution in [0.25, 0.3) is 0 Å². The number of hydrogen-bond donors (Lipinski definition) is 1. The van der Waals surface area contributed by atoms with Crippen molar-refractivity contribution < 1.29 is 14.3 Å². The van der Waals surface area contributed by atoms with Crippen LogP contribution >= 0.6 is 0 Å². The molecular formula is C13H24N2O3. The maximum atomic E-state index is 12.3. The molecule has 0 aromatic heterocycles. The molecule has 0 aliphatic carbocycles. The summed E-state index contributed by atoms with van der Waals surface area (Å²) in [6.07, 6.45) is 0.827. The van der Waals surface area contributed by atoms with Gasteiger partial charge in [0.05, 0.1) is 12.6 Å². The number of hydrogen-bond acceptors (Lipinski definition) is 3. The number of nitrogens with zero attached hydrogens (tertiary/aromatic N) is 1. The summed E-state index contributed by atoms with van der Waals surface area (Å²) in [5.74, 6) is 0.0887. The Hall–Kier alpha value is -1.10. The Kier molecular flexibility index (Phi) is 5.59. The van der Waals surface area contributed by atoms with Crippen molar-refractivity contribution in [1.29, 1.82) is 0 Å². The van der Waals surface area contributed by atoms with Crippen molar-refractivity contribution in [2.45, 2.75) is 46.3 Å². The van der Waals surface area contributed by atoms with Gasteiger partial charge in [-0.25, -0.2) is 0 Å². The smallest absolute Gasteiger partial charge is 0.245 e. The minimum Gasteiger partial charge on any atom is -0.377 e. The van der Waals surface area contributed by atoms with Crippen LogP contribution in [0.5, 0.6) is 0 Å². The summed E-state index contributed by atoms with van der Waals surface area (Å²) in [4.78, 5) is 25.5. The van der Waals surface area contributed by atoms with E-state index in [0.717, 1.165) is 6.42 Å². The first kappa shape index (κ1) is 15.0. The Morgan fingerprint density at radius 2 is 2.06 bits per heavy atom. The standard InChI is InChI=1S/C13H24N2O3/c1-5-9(3)12-13(17)15(8-11(16)14-12)7-10(4)18-6-2/h9-10,12H,5-8H2,1-4H3,(H,14,16). The molecule has 1 rings (SSSR count). The summed E-state index contributed by atoms with van der Waals surface area (Å²) >= 11 is 0. The Morgan fingerprint density at radius 1 is 1.39 bits per heavy atom. The van der Waals surface area contributed by atoms with Crippen LogP contribution in [0, 0.1) is 5.92 Å². The van der Waals surface area contributed by atoms with E-state index in [1.165, 1.54) is 0 Å². The van der Waals surface area contributed by atoms with Crippen LogP contribution in [0.15, 0.2) is 0 Å². The second-order valence-corrected chi connectivity index (χ2v) is 4.92. The SMILES string of the molecule is CCOC(C)CN1CC(=O)NC(C(C)CC)C1=O. The molecule has 1 aliphatic rings. The van der Waals surface area contributed by atoms with E-state index in [4.69, 9.17) is 4.74 Å². The molecule has 104 valence electrons. The highest BCUT2D eigenvalue weighted by atomic mass is 16.5. The van der Waals surface area contributed by atoms with Crippen molar-refractivity contribution in [2.75, 3.05) is 19.7 Å². The predicted molar refractivity (Wildman–Crippen MR) is 69.1 cm³/mol. The molecule has 0 aromatic rings. The van der Waals surface area contributed by atoms with E-state index < -0.39 is 0 Å². The van der Waals surface area contributed by atoms with Gasteiger partial charge < -0.3 is 15.0 Å². The molecule has 1 fully saturated rings. The van der Waals surface area contributed by atoms with E-state index in [-0.39, 0.29) is 36.4 Å². The monoisotopic (exact) mass is 256 g/mol. The number of rotatable bonds is 6. The minimum absolute atomic E-state index is 0.00973. The summed E-state index contributed by atoms with van der Waals surface area (Å²) in [7, 11) is 0. The van der Waals surface area contributed by atoms with Crippen molar-refractivity contribution in [3.63, 3.8) is 0 Å². The number of ether oxygens (including phenoxy) is 1. The number of nitrogens with one attached hydrogen (secondary N) is 1. The van der Waals surface area contributed by atoms with Gasteiger partial charge in [-0.2, -0.15) is 0 Å². The first-order valence-electron chi connectivity index (χ1n) is 6.69. The molecule has 5 nitrogen and oxygen atoms in total. The van der Waals surface area contributed by atoms with Crippen molar-refractivity contribution in [3.8, 4) is 0 Å². The average Bonchev–Trinajstić information content (AvgIpc) is 2.32. The molecule has 0 saturated carbocycles. The van der Waals surface area contributed by atoms with Crippen LogP contribution in [-0.2, 0) is 14.3 Å². The quantitative estimate of drug-likeness (QED) is 0.764. The molecular weight excluding hydrogens is 232 g/mol. The van der Waals surface area contributed by atoms with E-state index in [2.05, 4.69) is 5.32 Å². The fraction of sp³-hybridized carbons (Fsp3) is 0.846. The van der Waals surface area contributed by atoms with Crippen LogP contribution < -0.4 is 5.32 Å². The van der Waals surface area contributed by atoms with Crippen molar-refractivity contribution in [3.05, 3.63) is 0 Å². The Labute approximate surface area is 109 Å². The van der Waals surface area contributed by atoms with E-state index in [1.807, 2.05) is 27.7 Å².